The summed E-state index contributed by atoms with van der Waals surface area (Å²) in [7, 11) is 0. The molecule has 8 heteroatoms. The summed E-state index contributed by atoms with van der Waals surface area (Å²) in [5.74, 6) is -0.0824. The van der Waals surface area contributed by atoms with Crippen molar-refractivity contribution in [1.29, 1.82) is 0 Å². The molecule has 1 amide bonds. The summed E-state index contributed by atoms with van der Waals surface area (Å²) < 4.78 is 45.6. The minimum Gasteiger partial charge on any atom is -0.374 e. The number of carbonyl (C=O) groups excluding carboxylic acids is 1. The SMILES string of the molecule is O=C(Cn1cccn1)N1CCO[C@@H](Cc2cccc(C(F)(F)F)c2)C1. The maximum atomic E-state index is 12.8. The second-order valence-electron chi connectivity index (χ2n) is 5.94. The van der Waals surface area contributed by atoms with Crippen molar-refractivity contribution in [2.75, 3.05) is 19.7 Å². The van der Waals surface area contributed by atoms with Crippen LogP contribution in [0, 0.1) is 0 Å². The summed E-state index contributed by atoms with van der Waals surface area (Å²) in [6, 6.07) is 6.95. The van der Waals surface area contributed by atoms with Gasteiger partial charge < -0.3 is 9.64 Å². The number of halogens is 3. The van der Waals surface area contributed by atoms with Gasteiger partial charge in [0.2, 0.25) is 5.91 Å². The van der Waals surface area contributed by atoms with E-state index in [1.54, 1.807) is 34.1 Å². The molecule has 0 spiro atoms. The van der Waals surface area contributed by atoms with Gasteiger partial charge >= 0.3 is 6.18 Å². The van der Waals surface area contributed by atoms with Gasteiger partial charge in [-0.05, 0) is 17.7 Å². The van der Waals surface area contributed by atoms with Crippen LogP contribution in [0.25, 0.3) is 0 Å². The Hall–Kier alpha value is -2.35. The molecular weight excluding hydrogens is 335 g/mol. The molecule has 1 aliphatic rings. The first-order chi connectivity index (χ1) is 11.9. The maximum Gasteiger partial charge on any atom is 0.416 e. The van der Waals surface area contributed by atoms with Crippen molar-refractivity contribution in [3.63, 3.8) is 0 Å². The quantitative estimate of drug-likeness (QED) is 0.848. The Morgan fingerprint density at radius 3 is 2.88 bits per heavy atom. The van der Waals surface area contributed by atoms with Crippen molar-refractivity contribution < 1.29 is 22.7 Å². The van der Waals surface area contributed by atoms with Gasteiger partial charge in [0.15, 0.2) is 0 Å². The molecule has 0 bridgehead atoms. The molecule has 0 saturated carbocycles. The third-order valence-electron chi connectivity index (χ3n) is 4.07. The van der Waals surface area contributed by atoms with E-state index in [0.717, 1.165) is 12.1 Å². The molecule has 5 nitrogen and oxygen atoms in total. The van der Waals surface area contributed by atoms with Crippen LogP contribution in [0.4, 0.5) is 13.2 Å². The molecule has 0 aliphatic carbocycles. The molecule has 1 fully saturated rings. The summed E-state index contributed by atoms with van der Waals surface area (Å²) in [5.41, 5.74) is -0.131. The zero-order chi connectivity index (χ0) is 17.9. The van der Waals surface area contributed by atoms with E-state index >= 15 is 0 Å². The molecule has 0 unspecified atom stereocenters. The summed E-state index contributed by atoms with van der Waals surface area (Å²) in [4.78, 5) is 14.0. The van der Waals surface area contributed by atoms with E-state index in [9.17, 15) is 18.0 Å². The number of hydrogen-bond donors (Lipinski definition) is 0. The molecular formula is C17H18F3N3O2. The fraction of sp³-hybridized carbons (Fsp3) is 0.412. The minimum absolute atomic E-state index is 0.0824. The average molecular weight is 353 g/mol. The number of carbonyl (C=O) groups is 1. The highest BCUT2D eigenvalue weighted by atomic mass is 19.4. The van der Waals surface area contributed by atoms with Crippen molar-refractivity contribution in [2.45, 2.75) is 25.2 Å². The van der Waals surface area contributed by atoms with Gasteiger partial charge in [-0.3, -0.25) is 9.48 Å². The van der Waals surface area contributed by atoms with Crippen LogP contribution in [0.15, 0.2) is 42.7 Å². The fourth-order valence-electron chi connectivity index (χ4n) is 2.84. The molecule has 1 aromatic heterocycles. The number of hydrogen-bond acceptors (Lipinski definition) is 3. The van der Waals surface area contributed by atoms with Gasteiger partial charge in [-0.15, -0.1) is 0 Å². The first-order valence-corrected chi connectivity index (χ1v) is 7.95. The Bertz CT molecular complexity index is 716. The van der Waals surface area contributed by atoms with E-state index in [2.05, 4.69) is 5.10 Å². The highest BCUT2D eigenvalue weighted by molar-refractivity contribution is 5.76. The van der Waals surface area contributed by atoms with Crippen molar-refractivity contribution in [2.24, 2.45) is 0 Å². The lowest BCUT2D eigenvalue weighted by Crippen LogP contribution is -2.47. The normalized spacial score (nSPS) is 18.4. The molecule has 2 aromatic rings. The largest absolute Gasteiger partial charge is 0.416 e. The van der Waals surface area contributed by atoms with Crippen LogP contribution >= 0.6 is 0 Å². The van der Waals surface area contributed by atoms with Crippen LogP contribution < -0.4 is 0 Å². The lowest BCUT2D eigenvalue weighted by Gasteiger charge is -2.33. The van der Waals surface area contributed by atoms with Crippen LogP contribution in [0.5, 0.6) is 0 Å². The molecule has 1 aromatic carbocycles. The monoisotopic (exact) mass is 353 g/mol. The first-order valence-electron chi connectivity index (χ1n) is 7.95. The van der Waals surface area contributed by atoms with Gasteiger partial charge in [-0.2, -0.15) is 18.3 Å². The maximum absolute atomic E-state index is 12.8. The van der Waals surface area contributed by atoms with Crippen LogP contribution in [0.3, 0.4) is 0 Å². The van der Waals surface area contributed by atoms with Crippen molar-refractivity contribution in [3.8, 4) is 0 Å². The molecule has 0 radical (unpaired) electrons. The Balaban J connectivity index is 1.61. The fourth-order valence-corrected chi connectivity index (χ4v) is 2.84. The molecule has 1 saturated heterocycles. The topological polar surface area (TPSA) is 47.4 Å². The van der Waals surface area contributed by atoms with Crippen LogP contribution in [0.1, 0.15) is 11.1 Å². The number of rotatable bonds is 4. The van der Waals surface area contributed by atoms with Gasteiger partial charge in [0.1, 0.15) is 6.54 Å². The Labute approximate surface area is 143 Å². The van der Waals surface area contributed by atoms with E-state index in [1.165, 1.54) is 6.07 Å². The van der Waals surface area contributed by atoms with Crippen molar-refractivity contribution >= 4 is 5.91 Å². The number of alkyl halides is 3. The third-order valence-corrected chi connectivity index (χ3v) is 4.07. The number of ether oxygens (including phenoxy) is 1. The number of morpholine rings is 1. The molecule has 1 aliphatic heterocycles. The van der Waals surface area contributed by atoms with Crippen molar-refractivity contribution in [3.05, 3.63) is 53.9 Å². The predicted molar refractivity (Wildman–Crippen MR) is 83.7 cm³/mol. The molecule has 134 valence electrons. The third kappa shape index (κ3) is 4.60. The van der Waals surface area contributed by atoms with Crippen molar-refractivity contribution in [1.82, 2.24) is 14.7 Å². The van der Waals surface area contributed by atoms with E-state index in [4.69, 9.17) is 4.74 Å². The molecule has 1 atom stereocenters. The summed E-state index contributed by atoms with van der Waals surface area (Å²) in [6.45, 7) is 1.34. The van der Waals surface area contributed by atoms with Crippen LogP contribution in [0.2, 0.25) is 0 Å². The van der Waals surface area contributed by atoms with Gasteiger partial charge in [-0.25, -0.2) is 0 Å². The van der Waals surface area contributed by atoms with Crippen LogP contribution in [-0.2, 0) is 28.7 Å². The van der Waals surface area contributed by atoms with Crippen LogP contribution in [-0.4, -0.2) is 46.4 Å². The van der Waals surface area contributed by atoms with E-state index in [-0.39, 0.29) is 18.6 Å². The molecule has 0 N–H and O–H groups in total. The van der Waals surface area contributed by atoms with E-state index in [1.807, 2.05) is 0 Å². The summed E-state index contributed by atoms with van der Waals surface area (Å²) in [5, 5.41) is 4.00. The Morgan fingerprint density at radius 1 is 1.32 bits per heavy atom. The highest BCUT2D eigenvalue weighted by Gasteiger charge is 2.31. The summed E-state index contributed by atoms with van der Waals surface area (Å²) in [6.07, 6.45) is -1.05. The minimum atomic E-state index is -4.37. The van der Waals surface area contributed by atoms with Gasteiger partial charge in [0, 0.05) is 31.9 Å². The van der Waals surface area contributed by atoms with Gasteiger partial charge in [0.25, 0.3) is 0 Å². The lowest BCUT2D eigenvalue weighted by atomic mass is 10.0. The van der Waals surface area contributed by atoms with Gasteiger partial charge in [0.05, 0.1) is 18.3 Å². The zero-order valence-electron chi connectivity index (χ0n) is 13.4. The number of aromatic nitrogens is 2. The number of amides is 1. The smallest absolute Gasteiger partial charge is 0.374 e. The molecule has 3 rings (SSSR count). The average Bonchev–Trinajstić information content (AvgIpc) is 3.07. The lowest BCUT2D eigenvalue weighted by molar-refractivity contribution is -0.139. The highest BCUT2D eigenvalue weighted by Crippen LogP contribution is 2.30. The molecule has 25 heavy (non-hydrogen) atoms. The van der Waals surface area contributed by atoms with Gasteiger partial charge in [-0.1, -0.05) is 18.2 Å². The van der Waals surface area contributed by atoms with E-state index in [0.29, 0.717) is 31.7 Å². The number of benzene rings is 1. The number of nitrogens with zero attached hydrogens (tertiary/aromatic N) is 3. The Kier molecular flexibility index (Phi) is 5.08. The zero-order valence-corrected chi connectivity index (χ0v) is 13.4. The summed E-state index contributed by atoms with van der Waals surface area (Å²) >= 11 is 0. The second-order valence-corrected chi connectivity index (χ2v) is 5.94. The standard InChI is InChI=1S/C17H18F3N3O2/c18-17(19,20)14-4-1-3-13(9-14)10-15-11-22(7-8-25-15)16(24)12-23-6-2-5-21-23/h1-6,9,15H,7-8,10-12H2/t15-/m0/s1. The molecule has 2 heterocycles. The first kappa shape index (κ1) is 17.5. The second kappa shape index (κ2) is 7.26. The predicted octanol–water partition coefficient (Wildman–Crippen LogP) is 2.37. The van der Waals surface area contributed by atoms with E-state index < -0.39 is 11.7 Å². The Morgan fingerprint density at radius 2 is 2.16 bits per heavy atom.